The maximum absolute atomic E-state index is 10.4. The van der Waals surface area contributed by atoms with Crippen LogP contribution in [0.1, 0.15) is 95.8 Å². The van der Waals surface area contributed by atoms with Crippen molar-refractivity contribution < 1.29 is 33.5 Å². The largest absolute Gasteiger partial charge is 0.392 e. The summed E-state index contributed by atoms with van der Waals surface area (Å²) in [6.07, 6.45) is 6.26. The van der Waals surface area contributed by atoms with E-state index in [0.29, 0.717) is 39.6 Å². The van der Waals surface area contributed by atoms with E-state index in [1.165, 1.54) is 0 Å². The second kappa shape index (κ2) is 16.3. The Morgan fingerprint density at radius 1 is 0.805 bits per heavy atom. The lowest BCUT2D eigenvalue weighted by atomic mass is 9.84. The molecule has 0 aromatic heterocycles. The summed E-state index contributed by atoms with van der Waals surface area (Å²) in [7, 11) is 0. The molecule has 4 rings (SSSR count). The molecule has 1 saturated heterocycles. The molecule has 1 N–H and O–H groups in total. The lowest BCUT2D eigenvalue weighted by Gasteiger charge is -2.51. The van der Waals surface area contributed by atoms with Gasteiger partial charge in [0.2, 0.25) is 5.79 Å². The van der Waals surface area contributed by atoms with Crippen molar-refractivity contribution in [3.63, 3.8) is 0 Å². The number of aliphatic hydroxyl groups is 1. The number of aliphatic hydroxyl groups excluding tert-OH is 1. The number of benzene rings is 2. The molecule has 2 aliphatic heterocycles. The summed E-state index contributed by atoms with van der Waals surface area (Å²) < 4.78 is 40.0. The summed E-state index contributed by atoms with van der Waals surface area (Å²) in [5.41, 5.74) is 2.84. The van der Waals surface area contributed by atoms with Crippen LogP contribution in [-0.4, -0.2) is 62.6 Å². The molecule has 7 heteroatoms. The minimum atomic E-state index is -1.20. The number of ether oxygens (including phenoxy) is 6. The van der Waals surface area contributed by atoms with Gasteiger partial charge < -0.3 is 33.5 Å². The molecular weight excluding hydrogens is 520 g/mol. The van der Waals surface area contributed by atoms with Crippen LogP contribution in [-0.2, 0) is 47.4 Å². The molecule has 7 nitrogen and oxygen atoms in total. The molecule has 0 amide bonds. The SMILES string of the molecule is CCCCOC[C@H]1O[C@]2(OCc3c2cc(CO)c2ccccc32)[C@H](OCCCC)[C@@H](OCCCC)[C@@H]1OCCCC. The van der Waals surface area contributed by atoms with Crippen molar-refractivity contribution in [2.75, 3.05) is 33.0 Å². The number of fused-ring (bicyclic) bond motifs is 4. The van der Waals surface area contributed by atoms with Crippen LogP contribution in [0.5, 0.6) is 0 Å². The summed E-state index contributed by atoms with van der Waals surface area (Å²) in [6, 6.07) is 10.2. The first kappa shape index (κ1) is 32.3. The van der Waals surface area contributed by atoms with E-state index < -0.39 is 24.1 Å². The smallest absolute Gasteiger partial charge is 0.226 e. The monoisotopic (exact) mass is 572 g/mol. The molecule has 2 aliphatic rings. The Bertz CT molecular complexity index is 1060. The van der Waals surface area contributed by atoms with Crippen LogP contribution in [0.2, 0.25) is 0 Å². The third kappa shape index (κ3) is 7.32. The zero-order chi connectivity index (χ0) is 29.1. The summed E-state index contributed by atoms with van der Waals surface area (Å²) in [5, 5.41) is 12.5. The van der Waals surface area contributed by atoms with Gasteiger partial charge >= 0.3 is 0 Å². The topological polar surface area (TPSA) is 75.6 Å². The summed E-state index contributed by atoms with van der Waals surface area (Å²) in [5.74, 6) is -1.20. The highest BCUT2D eigenvalue weighted by atomic mass is 16.7. The Morgan fingerprint density at radius 3 is 2.07 bits per heavy atom. The molecule has 0 saturated carbocycles. The van der Waals surface area contributed by atoms with Gasteiger partial charge in [0, 0.05) is 32.0 Å². The van der Waals surface area contributed by atoms with Crippen LogP contribution >= 0.6 is 0 Å². The Hall–Kier alpha value is -1.58. The van der Waals surface area contributed by atoms with Crippen molar-refractivity contribution in [1.82, 2.24) is 0 Å². The molecular formula is C34H52O7. The maximum atomic E-state index is 10.4. The van der Waals surface area contributed by atoms with Gasteiger partial charge in [-0.05, 0) is 53.6 Å². The first-order valence-corrected chi connectivity index (χ1v) is 16.0. The second-order valence-corrected chi connectivity index (χ2v) is 11.3. The van der Waals surface area contributed by atoms with Gasteiger partial charge in [-0.3, -0.25) is 0 Å². The minimum absolute atomic E-state index is 0.0754. The standard InChI is InChI=1S/C34H52O7/c1-5-9-17-36-24-30-31(37-18-10-6-2)32(38-19-11-7-3)33(39-20-12-8-4)34(41-30)29-21-25(22-35)26-15-13-14-16-27(26)28(29)23-40-34/h13-16,21,30-33,35H,5-12,17-20,22-24H2,1-4H3/t30-,31-,32+,33-,34+/m1/s1. The first-order chi connectivity index (χ1) is 20.1. The van der Waals surface area contributed by atoms with E-state index in [4.69, 9.17) is 28.4 Å². The molecule has 1 spiro atoms. The fourth-order valence-electron chi connectivity index (χ4n) is 5.90. The summed E-state index contributed by atoms with van der Waals surface area (Å²) in [6.45, 7) is 11.8. The van der Waals surface area contributed by atoms with Crippen LogP contribution in [0.4, 0.5) is 0 Å². The highest BCUT2D eigenvalue weighted by Gasteiger charge is 2.61. The molecule has 0 unspecified atom stereocenters. The zero-order valence-corrected chi connectivity index (χ0v) is 25.7. The van der Waals surface area contributed by atoms with Crippen molar-refractivity contribution >= 4 is 10.8 Å². The minimum Gasteiger partial charge on any atom is -0.392 e. The average molecular weight is 573 g/mol. The normalized spacial score (nSPS) is 25.8. The number of unbranched alkanes of at least 4 members (excludes halogenated alkanes) is 4. The summed E-state index contributed by atoms with van der Waals surface area (Å²) >= 11 is 0. The van der Waals surface area contributed by atoms with Crippen molar-refractivity contribution in [2.24, 2.45) is 0 Å². The van der Waals surface area contributed by atoms with E-state index in [9.17, 15) is 5.11 Å². The number of hydrogen-bond acceptors (Lipinski definition) is 7. The molecule has 0 aliphatic carbocycles. The Morgan fingerprint density at radius 2 is 1.41 bits per heavy atom. The van der Waals surface area contributed by atoms with Crippen LogP contribution in [0, 0.1) is 0 Å². The van der Waals surface area contributed by atoms with Crippen LogP contribution in [0.15, 0.2) is 30.3 Å². The molecule has 5 atom stereocenters. The third-order valence-electron chi connectivity index (χ3n) is 8.24. The fraction of sp³-hybridized carbons (Fsp3) is 0.706. The molecule has 2 heterocycles. The van der Waals surface area contributed by atoms with Gasteiger partial charge in [-0.2, -0.15) is 0 Å². The third-order valence-corrected chi connectivity index (χ3v) is 8.24. The van der Waals surface area contributed by atoms with Gasteiger partial charge in [-0.25, -0.2) is 0 Å². The first-order valence-electron chi connectivity index (χ1n) is 16.0. The van der Waals surface area contributed by atoms with Gasteiger partial charge in [-0.15, -0.1) is 0 Å². The van der Waals surface area contributed by atoms with Crippen molar-refractivity contribution in [3.05, 3.63) is 47.0 Å². The Kier molecular flexibility index (Phi) is 12.9. The summed E-state index contributed by atoms with van der Waals surface area (Å²) in [4.78, 5) is 0. The van der Waals surface area contributed by atoms with Gasteiger partial charge in [0.15, 0.2) is 0 Å². The highest BCUT2D eigenvalue weighted by molar-refractivity contribution is 5.90. The van der Waals surface area contributed by atoms with Crippen molar-refractivity contribution in [1.29, 1.82) is 0 Å². The molecule has 0 radical (unpaired) electrons. The van der Waals surface area contributed by atoms with E-state index in [2.05, 4.69) is 45.9 Å². The van der Waals surface area contributed by atoms with E-state index in [0.717, 1.165) is 78.8 Å². The van der Waals surface area contributed by atoms with Crippen LogP contribution in [0.25, 0.3) is 10.8 Å². The lowest BCUT2D eigenvalue weighted by molar-refractivity contribution is -0.384. The van der Waals surface area contributed by atoms with Crippen LogP contribution in [0.3, 0.4) is 0 Å². The quantitative estimate of drug-likeness (QED) is 0.197. The fourth-order valence-corrected chi connectivity index (χ4v) is 5.90. The molecule has 230 valence electrons. The predicted octanol–water partition coefficient (Wildman–Crippen LogP) is 6.79. The Balaban J connectivity index is 1.81. The Labute approximate surface area is 246 Å². The molecule has 41 heavy (non-hydrogen) atoms. The van der Waals surface area contributed by atoms with E-state index >= 15 is 0 Å². The number of rotatable bonds is 18. The molecule has 1 fully saturated rings. The van der Waals surface area contributed by atoms with Gasteiger partial charge in [-0.1, -0.05) is 77.6 Å². The molecule has 2 aromatic carbocycles. The van der Waals surface area contributed by atoms with E-state index in [1.807, 2.05) is 12.1 Å². The number of hydrogen-bond donors (Lipinski definition) is 1. The van der Waals surface area contributed by atoms with Gasteiger partial charge in [0.05, 0.1) is 19.8 Å². The second-order valence-electron chi connectivity index (χ2n) is 11.3. The average Bonchev–Trinajstić information content (AvgIpc) is 3.36. The van der Waals surface area contributed by atoms with Gasteiger partial charge in [0.25, 0.3) is 0 Å². The lowest BCUT2D eigenvalue weighted by Crippen LogP contribution is -2.66. The maximum Gasteiger partial charge on any atom is 0.226 e. The van der Waals surface area contributed by atoms with Crippen LogP contribution < -0.4 is 0 Å². The van der Waals surface area contributed by atoms with Gasteiger partial charge in [0.1, 0.15) is 24.4 Å². The zero-order valence-electron chi connectivity index (χ0n) is 25.7. The van der Waals surface area contributed by atoms with E-state index in [-0.39, 0.29) is 12.7 Å². The molecule has 0 bridgehead atoms. The predicted molar refractivity (Wildman–Crippen MR) is 161 cm³/mol. The van der Waals surface area contributed by atoms with Crippen molar-refractivity contribution in [2.45, 2.75) is 122 Å². The van der Waals surface area contributed by atoms with Crippen molar-refractivity contribution in [3.8, 4) is 0 Å². The van der Waals surface area contributed by atoms with E-state index in [1.54, 1.807) is 0 Å². The highest BCUT2D eigenvalue weighted by Crippen LogP contribution is 2.50. The molecule has 2 aromatic rings.